The number of carbonyl (C=O) groups excluding carboxylic acids is 2. The van der Waals surface area contributed by atoms with Gasteiger partial charge in [-0.15, -0.1) is 11.3 Å². The molecule has 1 amide bonds. The number of nitrogens with one attached hydrogen (secondary N) is 1. The fraction of sp³-hybridized carbons (Fsp3) is 0.600. The molecule has 1 saturated heterocycles. The number of carboxylic acid groups (broad SMARTS) is 2. The van der Waals surface area contributed by atoms with Gasteiger partial charge < -0.3 is 25.2 Å². The average molecular weight is 443 g/mol. The van der Waals surface area contributed by atoms with Crippen LogP contribution in [-0.4, -0.2) is 65.2 Å². The Labute approximate surface area is 180 Å². The molecule has 2 rings (SSSR count). The minimum Gasteiger partial charge on any atom is -0.473 e. The van der Waals surface area contributed by atoms with E-state index in [2.05, 4.69) is 17.1 Å². The maximum atomic E-state index is 12.3. The van der Waals surface area contributed by atoms with Crippen molar-refractivity contribution in [3.05, 3.63) is 16.0 Å². The van der Waals surface area contributed by atoms with Gasteiger partial charge in [0, 0.05) is 17.8 Å². The molecule has 0 spiro atoms. The molecule has 0 atom stereocenters. The second-order valence-electron chi connectivity index (χ2n) is 7.14. The molecule has 1 aromatic heterocycles. The highest BCUT2D eigenvalue weighted by Gasteiger charge is 2.22. The highest BCUT2D eigenvalue weighted by Crippen LogP contribution is 2.33. The number of thiophene rings is 1. The molecule has 1 aliphatic rings. The Balaban J connectivity index is 0.000000656. The summed E-state index contributed by atoms with van der Waals surface area (Å²) in [6.07, 6.45) is 2.86. The molecule has 1 aromatic rings. The number of likely N-dealkylation sites (tertiary alicyclic amines) is 1. The molecule has 3 N–H and O–H groups in total. The normalized spacial score (nSPS) is 14.4. The summed E-state index contributed by atoms with van der Waals surface area (Å²) in [7, 11) is 0. The lowest BCUT2D eigenvalue weighted by Gasteiger charge is -2.29. The summed E-state index contributed by atoms with van der Waals surface area (Å²) in [5.41, 5.74) is 1.39. The summed E-state index contributed by atoms with van der Waals surface area (Å²) >= 11 is 1.44. The lowest BCUT2D eigenvalue weighted by Crippen LogP contribution is -2.35. The molecule has 30 heavy (non-hydrogen) atoms. The summed E-state index contributed by atoms with van der Waals surface area (Å²) in [6, 6.07) is 0. The lowest BCUT2D eigenvalue weighted by molar-refractivity contribution is -0.159. The minimum absolute atomic E-state index is 0.0413. The zero-order valence-corrected chi connectivity index (χ0v) is 18.6. The van der Waals surface area contributed by atoms with E-state index in [4.69, 9.17) is 24.5 Å². The zero-order valence-electron chi connectivity index (χ0n) is 17.8. The monoisotopic (exact) mass is 442 g/mol. The van der Waals surface area contributed by atoms with Crippen LogP contribution in [0.3, 0.4) is 0 Å². The Hall–Kier alpha value is -2.46. The van der Waals surface area contributed by atoms with Crippen molar-refractivity contribution in [2.24, 2.45) is 5.92 Å². The van der Waals surface area contributed by atoms with Gasteiger partial charge in [0.25, 0.3) is 0 Å². The number of nitrogens with zero attached hydrogens (tertiary/aromatic N) is 1. The second kappa shape index (κ2) is 12.3. The molecule has 2 heterocycles. The molecule has 1 aliphatic heterocycles. The molecule has 10 heteroatoms. The fourth-order valence-corrected chi connectivity index (χ4v) is 3.96. The van der Waals surface area contributed by atoms with Crippen LogP contribution in [0.25, 0.3) is 0 Å². The van der Waals surface area contributed by atoms with Crippen LogP contribution in [0, 0.1) is 19.8 Å². The van der Waals surface area contributed by atoms with E-state index in [0.717, 1.165) is 36.0 Å². The van der Waals surface area contributed by atoms with Crippen LogP contribution in [0.1, 0.15) is 53.9 Å². The molecule has 0 saturated carbocycles. The number of esters is 1. The summed E-state index contributed by atoms with van der Waals surface area (Å²) in [5.74, 6) is -3.26. The maximum absolute atomic E-state index is 12.3. The summed E-state index contributed by atoms with van der Waals surface area (Å²) in [6.45, 7) is 11.1. The SMILES string of the molecule is CCOC(=O)c1c(NC(=O)CCN2CCC(C)CC2)sc(C)c1C.O=C(O)C(=O)O. The van der Waals surface area contributed by atoms with Crippen LogP contribution in [0.4, 0.5) is 5.00 Å². The van der Waals surface area contributed by atoms with Gasteiger partial charge in [-0.2, -0.15) is 0 Å². The standard InChI is InChI=1S/C18H28N2O3S.C2H2O4/c1-5-23-18(22)16-13(3)14(4)24-17(16)19-15(21)8-11-20-9-6-12(2)7-10-20;3-1(4)2(5)6/h12H,5-11H2,1-4H3,(H,19,21);(H,3,4)(H,5,6). The summed E-state index contributed by atoms with van der Waals surface area (Å²) in [5, 5.41) is 18.3. The largest absolute Gasteiger partial charge is 0.473 e. The van der Waals surface area contributed by atoms with E-state index in [1.807, 2.05) is 13.8 Å². The molecule has 9 nitrogen and oxygen atoms in total. The van der Waals surface area contributed by atoms with E-state index >= 15 is 0 Å². The van der Waals surface area contributed by atoms with Gasteiger partial charge in [0.05, 0.1) is 12.2 Å². The van der Waals surface area contributed by atoms with Gasteiger partial charge in [0.1, 0.15) is 5.00 Å². The molecule has 0 aliphatic carbocycles. The third-order valence-electron chi connectivity index (χ3n) is 4.83. The third-order valence-corrected chi connectivity index (χ3v) is 5.95. The molecule has 1 fully saturated rings. The Kier molecular flexibility index (Phi) is 10.5. The molecular weight excluding hydrogens is 412 g/mol. The average Bonchev–Trinajstić information content (AvgIpc) is 2.95. The molecular formula is C20H30N2O7S. The second-order valence-corrected chi connectivity index (χ2v) is 8.37. The Morgan fingerprint density at radius 3 is 2.20 bits per heavy atom. The van der Waals surface area contributed by atoms with Gasteiger partial charge >= 0.3 is 17.9 Å². The van der Waals surface area contributed by atoms with E-state index in [9.17, 15) is 9.59 Å². The first kappa shape index (κ1) is 25.6. The maximum Gasteiger partial charge on any atom is 0.414 e. The van der Waals surface area contributed by atoms with Crippen molar-refractivity contribution in [3.8, 4) is 0 Å². The van der Waals surface area contributed by atoms with E-state index in [1.165, 1.54) is 24.2 Å². The van der Waals surface area contributed by atoms with Gasteiger partial charge in [-0.25, -0.2) is 14.4 Å². The number of rotatable bonds is 6. The molecule has 0 radical (unpaired) electrons. The predicted octanol–water partition coefficient (Wildman–Crippen LogP) is 2.76. The van der Waals surface area contributed by atoms with Crippen LogP contribution in [-0.2, 0) is 19.1 Å². The van der Waals surface area contributed by atoms with Crippen LogP contribution < -0.4 is 5.32 Å². The molecule has 0 unspecified atom stereocenters. The van der Waals surface area contributed by atoms with E-state index in [0.29, 0.717) is 23.6 Å². The van der Waals surface area contributed by atoms with E-state index in [1.54, 1.807) is 6.92 Å². The minimum atomic E-state index is -1.82. The Morgan fingerprint density at radius 2 is 1.70 bits per heavy atom. The number of aryl methyl sites for hydroxylation is 1. The predicted molar refractivity (Wildman–Crippen MR) is 113 cm³/mol. The van der Waals surface area contributed by atoms with Crippen molar-refractivity contribution in [3.63, 3.8) is 0 Å². The topological polar surface area (TPSA) is 133 Å². The summed E-state index contributed by atoms with van der Waals surface area (Å²) < 4.78 is 5.12. The van der Waals surface area contributed by atoms with Gasteiger partial charge in [-0.1, -0.05) is 6.92 Å². The van der Waals surface area contributed by atoms with Gasteiger partial charge in [0.15, 0.2) is 0 Å². The quantitative estimate of drug-likeness (QED) is 0.452. The summed E-state index contributed by atoms with van der Waals surface area (Å²) in [4.78, 5) is 46.0. The number of amides is 1. The lowest BCUT2D eigenvalue weighted by atomic mass is 9.99. The number of carbonyl (C=O) groups is 4. The van der Waals surface area contributed by atoms with Crippen molar-refractivity contribution in [1.82, 2.24) is 4.90 Å². The van der Waals surface area contributed by atoms with Crippen LogP contribution in [0.2, 0.25) is 0 Å². The Bertz CT molecular complexity index is 755. The van der Waals surface area contributed by atoms with E-state index < -0.39 is 11.9 Å². The first-order valence-corrected chi connectivity index (χ1v) is 10.6. The third kappa shape index (κ3) is 8.11. The number of ether oxygens (including phenoxy) is 1. The Morgan fingerprint density at radius 1 is 1.13 bits per heavy atom. The van der Waals surface area contributed by atoms with Crippen LogP contribution in [0.5, 0.6) is 0 Å². The highest BCUT2D eigenvalue weighted by molar-refractivity contribution is 7.16. The van der Waals surface area contributed by atoms with Crippen molar-refractivity contribution in [2.45, 2.75) is 47.0 Å². The first-order chi connectivity index (χ1) is 14.1. The van der Waals surface area contributed by atoms with Crippen molar-refractivity contribution in [2.75, 3.05) is 31.6 Å². The van der Waals surface area contributed by atoms with Gasteiger partial charge in [-0.3, -0.25) is 4.79 Å². The first-order valence-electron chi connectivity index (χ1n) is 9.82. The van der Waals surface area contributed by atoms with Crippen molar-refractivity contribution >= 4 is 40.2 Å². The number of aliphatic carboxylic acids is 2. The van der Waals surface area contributed by atoms with Gasteiger partial charge in [-0.05, 0) is 58.2 Å². The zero-order chi connectivity index (χ0) is 22.8. The highest BCUT2D eigenvalue weighted by atomic mass is 32.1. The van der Waals surface area contributed by atoms with E-state index in [-0.39, 0.29) is 11.9 Å². The number of carboxylic acids is 2. The number of hydrogen-bond acceptors (Lipinski definition) is 7. The fourth-order valence-electron chi connectivity index (χ4n) is 2.90. The van der Waals surface area contributed by atoms with Crippen molar-refractivity contribution in [1.29, 1.82) is 0 Å². The van der Waals surface area contributed by atoms with Crippen LogP contribution in [0.15, 0.2) is 0 Å². The molecule has 0 aromatic carbocycles. The van der Waals surface area contributed by atoms with Gasteiger partial charge in [0.2, 0.25) is 5.91 Å². The number of piperidine rings is 1. The van der Waals surface area contributed by atoms with Crippen molar-refractivity contribution < 1.29 is 34.1 Å². The molecule has 168 valence electrons. The number of anilines is 1. The van der Waals surface area contributed by atoms with Crippen LogP contribution >= 0.6 is 11.3 Å². The molecule has 0 bridgehead atoms. The number of hydrogen-bond donors (Lipinski definition) is 3. The smallest absolute Gasteiger partial charge is 0.414 e.